The van der Waals surface area contributed by atoms with Gasteiger partial charge in [-0.3, -0.25) is 0 Å². The fourth-order valence-corrected chi connectivity index (χ4v) is 2.49. The van der Waals surface area contributed by atoms with Crippen molar-refractivity contribution in [3.05, 3.63) is 71.0 Å². The van der Waals surface area contributed by atoms with Crippen molar-refractivity contribution in [3.63, 3.8) is 0 Å². The normalized spacial score (nSPS) is 18.8. The third-order valence-electron chi connectivity index (χ3n) is 3.29. The average Bonchev–Trinajstić information content (AvgIpc) is 2.38. The summed E-state index contributed by atoms with van der Waals surface area (Å²) in [5.41, 5.74) is 3.63. The predicted molar refractivity (Wildman–Crippen MR) is 66.4 cm³/mol. The number of benzene rings is 2. The molecule has 0 saturated carbocycles. The van der Waals surface area contributed by atoms with Crippen LogP contribution in [-0.2, 0) is 6.42 Å². The molecule has 1 aliphatic rings. The van der Waals surface area contributed by atoms with Crippen molar-refractivity contribution in [2.24, 2.45) is 0 Å². The first-order chi connectivity index (χ1) is 8.34. The summed E-state index contributed by atoms with van der Waals surface area (Å²) in [5, 5.41) is 3.45. The molecule has 2 aromatic carbocycles. The van der Waals surface area contributed by atoms with Crippen molar-refractivity contribution < 1.29 is 4.39 Å². The topological polar surface area (TPSA) is 12.0 Å². The summed E-state index contributed by atoms with van der Waals surface area (Å²) >= 11 is 0. The van der Waals surface area contributed by atoms with Crippen LogP contribution in [0.15, 0.2) is 48.5 Å². The van der Waals surface area contributed by atoms with Crippen LogP contribution < -0.4 is 5.32 Å². The van der Waals surface area contributed by atoms with Crippen LogP contribution in [0.4, 0.5) is 4.39 Å². The molecule has 0 amide bonds. The van der Waals surface area contributed by atoms with Crippen LogP contribution in [0, 0.1) is 5.82 Å². The molecule has 17 heavy (non-hydrogen) atoms. The zero-order valence-electron chi connectivity index (χ0n) is 9.49. The van der Waals surface area contributed by atoms with Crippen LogP contribution in [0.2, 0.25) is 0 Å². The molecule has 0 unspecified atom stereocenters. The first-order valence-electron chi connectivity index (χ1n) is 5.91. The van der Waals surface area contributed by atoms with Gasteiger partial charge >= 0.3 is 0 Å². The largest absolute Gasteiger partial charge is 0.306 e. The lowest BCUT2D eigenvalue weighted by Crippen LogP contribution is -2.30. The molecule has 1 heterocycles. The third-order valence-corrected chi connectivity index (χ3v) is 3.29. The number of halogens is 1. The maximum absolute atomic E-state index is 13.3. The van der Waals surface area contributed by atoms with Gasteiger partial charge in [0, 0.05) is 6.54 Å². The first-order valence-corrected chi connectivity index (χ1v) is 5.91. The van der Waals surface area contributed by atoms with Gasteiger partial charge in [-0.25, -0.2) is 4.39 Å². The molecule has 0 spiro atoms. The Kier molecular flexibility index (Phi) is 2.65. The zero-order valence-corrected chi connectivity index (χ0v) is 9.49. The Hall–Kier alpha value is -1.67. The number of fused-ring (bicyclic) bond motifs is 1. The second-order valence-corrected chi connectivity index (χ2v) is 4.39. The molecule has 0 saturated heterocycles. The SMILES string of the molecule is Fc1cccc([C@@H]2NCCc3ccccc32)c1. The second-order valence-electron chi connectivity index (χ2n) is 4.39. The number of rotatable bonds is 1. The van der Waals surface area contributed by atoms with Gasteiger partial charge in [-0.2, -0.15) is 0 Å². The van der Waals surface area contributed by atoms with Gasteiger partial charge in [-0.05, 0) is 35.2 Å². The molecule has 1 atom stereocenters. The van der Waals surface area contributed by atoms with Crippen molar-refractivity contribution in [2.45, 2.75) is 12.5 Å². The van der Waals surface area contributed by atoms with E-state index < -0.39 is 0 Å². The maximum atomic E-state index is 13.3. The second kappa shape index (κ2) is 4.30. The predicted octanol–water partition coefficient (Wildman–Crippen LogP) is 3.06. The number of hydrogen-bond acceptors (Lipinski definition) is 1. The smallest absolute Gasteiger partial charge is 0.123 e. The van der Waals surface area contributed by atoms with Gasteiger partial charge in [0.1, 0.15) is 5.82 Å². The fourth-order valence-electron chi connectivity index (χ4n) is 2.49. The molecule has 0 bridgehead atoms. The van der Waals surface area contributed by atoms with E-state index in [2.05, 4.69) is 23.5 Å². The van der Waals surface area contributed by atoms with Crippen LogP contribution in [0.5, 0.6) is 0 Å². The van der Waals surface area contributed by atoms with Gasteiger partial charge in [0.25, 0.3) is 0 Å². The van der Waals surface area contributed by atoms with Crippen molar-refractivity contribution in [1.29, 1.82) is 0 Å². The molecule has 2 heteroatoms. The summed E-state index contributed by atoms with van der Waals surface area (Å²) in [5.74, 6) is -0.174. The summed E-state index contributed by atoms with van der Waals surface area (Å²) in [6, 6.07) is 15.3. The van der Waals surface area contributed by atoms with Crippen LogP contribution in [0.25, 0.3) is 0 Å². The highest BCUT2D eigenvalue weighted by Gasteiger charge is 2.20. The highest BCUT2D eigenvalue weighted by Crippen LogP contribution is 2.28. The minimum atomic E-state index is -0.174. The zero-order chi connectivity index (χ0) is 11.7. The lowest BCUT2D eigenvalue weighted by atomic mass is 9.90. The molecule has 0 fully saturated rings. The quantitative estimate of drug-likeness (QED) is 0.789. The van der Waals surface area contributed by atoms with Gasteiger partial charge in [0.05, 0.1) is 6.04 Å². The van der Waals surface area contributed by atoms with Gasteiger partial charge < -0.3 is 5.32 Å². The molecule has 0 aliphatic carbocycles. The minimum absolute atomic E-state index is 0.121. The third kappa shape index (κ3) is 1.96. The lowest BCUT2D eigenvalue weighted by Gasteiger charge is -2.27. The maximum Gasteiger partial charge on any atom is 0.123 e. The Morgan fingerprint density at radius 1 is 1.06 bits per heavy atom. The molecule has 1 aliphatic heterocycles. The van der Waals surface area contributed by atoms with Crippen LogP contribution in [0.1, 0.15) is 22.7 Å². The molecule has 2 aromatic rings. The van der Waals surface area contributed by atoms with Crippen LogP contribution >= 0.6 is 0 Å². The molecule has 3 rings (SSSR count). The Morgan fingerprint density at radius 3 is 2.82 bits per heavy atom. The van der Waals surface area contributed by atoms with E-state index in [9.17, 15) is 4.39 Å². The van der Waals surface area contributed by atoms with E-state index in [1.165, 1.54) is 17.2 Å². The Morgan fingerprint density at radius 2 is 1.94 bits per heavy atom. The molecule has 1 nitrogen and oxygen atoms in total. The van der Waals surface area contributed by atoms with Gasteiger partial charge in [0.15, 0.2) is 0 Å². The molecular weight excluding hydrogens is 213 g/mol. The number of nitrogens with one attached hydrogen (secondary N) is 1. The van der Waals surface area contributed by atoms with Gasteiger partial charge in [-0.15, -0.1) is 0 Å². The van der Waals surface area contributed by atoms with Gasteiger partial charge in [-0.1, -0.05) is 36.4 Å². The van der Waals surface area contributed by atoms with Crippen molar-refractivity contribution >= 4 is 0 Å². The van der Waals surface area contributed by atoms with Crippen LogP contribution in [0.3, 0.4) is 0 Å². The van der Waals surface area contributed by atoms with E-state index in [0.29, 0.717) is 0 Å². The van der Waals surface area contributed by atoms with E-state index in [4.69, 9.17) is 0 Å². The van der Waals surface area contributed by atoms with E-state index >= 15 is 0 Å². The Balaban J connectivity index is 2.06. The summed E-state index contributed by atoms with van der Waals surface area (Å²) in [7, 11) is 0. The molecular formula is C15H14FN. The lowest BCUT2D eigenvalue weighted by molar-refractivity contribution is 0.560. The molecule has 1 N–H and O–H groups in total. The molecule has 86 valence electrons. The fraction of sp³-hybridized carbons (Fsp3) is 0.200. The monoisotopic (exact) mass is 227 g/mol. The molecule has 0 aromatic heterocycles. The van der Waals surface area contributed by atoms with E-state index in [0.717, 1.165) is 18.5 Å². The standard InChI is InChI=1S/C15H14FN/c16-13-6-3-5-12(10-13)15-14-7-2-1-4-11(14)8-9-17-15/h1-7,10,15,17H,8-9H2/t15-/m0/s1. The first kappa shape index (κ1) is 10.5. The summed E-state index contributed by atoms with van der Waals surface area (Å²) < 4.78 is 13.3. The van der Waals surface area contributed by atoms with E-state index in [1.807, 2.05) is 12.1 Å². The Labute approximate surface area is 100 Å². The van der Waals surface area contributed by atoms with Crippen molar-refractivity contribution in [2.75, 3.05) is 6.54 Å². The minimum Gasteiger partial charge on any atom is -0.306 e. The van der Waals surface area contributed by atoms with E-state index in [-0.39, 0.29) is 11.9 Å². The van der Waals surface area contributed by atoms with Crippen molar-refractivity contribution in [1.82, 2.24) is 5.32 Å². The molecule has 0 radical (unpaired) electrons. The van der Waals surface area contributed by atoms with Crippen LogP contribution in [-0.4, -0.2) is 6.54 Å². The van der Waals surface area contributed by atoms with E-state index in [1.54, 1.807) is 12.1 Å². The highest BCUT2D eigenvalue weighted by atomic mass is 19.1. The highest BCUT2D eigenvalue weighted by molar-refractivity contribution is 5.39. The van der Waals surface area contributed by atoms with Gasteiger partial charge in [0.2, 0.25) is 0 Å². The number of hydrogen-bond donors (Lipinski definition) is 1. The average molecular weight is 227 g/mol. The summed E-state index contributed by atoms with van der Waals surface area (Å²) in [6.45, 7) is 0.943. The van der Waals surface area contributed by atoms with Crippen molar-refractivity contribution in [3.8, 4) is 0 Å². The summed E-state index contributed by atoms with van der Waals surface area (Å²) in [4.78, 5) is 0. The summed E-state index contributed by atoms with van der Waals surface area (Å²) in [6.07, 6.45) is 1.04. The Bertz CT molecular complexity index is 536.